The minimum absolute atomic E-state index is 0.0406. The summed E-state index contributed by atoms with van der Waals surface area (Å²) in [5.41, 5.74) is 5.79. The Kier molecular flexibility index (Phi) is 3.67. The lowest BCUT2D eigenvalue weighted by Gasteiger charge is -2.41. The summed E-state index contributed by atoms with van der Waals surface area (Å²) in [4.78, 5) is 14.2. The predicted octanol–water partition coefficient (Wildman–Crippen LogP) is 1.65. The molecule has 1 unspecified atom stereocenters. The minimum Gasteiger partial charge on any atom is -0.403 e. The molecule has 0 spiro atoms. The van der Waals surface area contributed by atoms with Gasteiger partial charge in [0.1, 0.15) is 5.70 Å². The average molecular weight is 279 g/mol. The van der Waals surface area contributed by atoms with E-state index in [1.807, 2.05) is 13.8 Å². The molecule has 1 saturated carbocycles. The molecule has 2 aliphatic rings. The standard InChI is InChI=1S/C15H27N4O/c1-15(2)10-19(4,11-7-5-6-8-11)13(17)12(9-16)18(3)14(15)20/h9,11,17H,5-8,10,16H2,1-4H3/q+1. The van der Waals surface area contributed by atoms with Crippen molar-refractivity contribution in [2.24, 2.45) is 11.1 Å². The van der Waals surface area contributed by atoms with E-state index >= 15 is 0 Å². The Morgan fingerprint density at radius 2 is 1.95 bits per heavy atom. The van der Waals surface area contributed by atoms with E-state index < -0.39 is 5.41 Å². The smallest absolute Gasteiger partial charge is 0.246 e. The number of quaternary nitrogens is 1. The number of rotatable bonds is 1. The molecule has 1 aliphatic carbocycles. The van der Waals surface area contributed by atoms with Gasteiger partial charge in [-0.25, -0.2) is 5.41 Å². The van der Waals surface area contributed by atoms with Gasteiger partial charge in [0.15, 0.2) is 0 Å². The van der Waals surface area contributed by atoms with Crippen molar-refractivity contribution in [2.45, 2.75) is 45.6 Å². The molecule has 0 radical (unpaired) electrons. The number of carbonyl (C=O) groups excluding carboxylic acids is 1. The zero-order chi connectivity index (χ0) is 15.1. The van der Waals surface area contributed by atoms with Gasteiger partial charge in [-0.15, -0.1) is 0 Å². The molecule has 5 heteroatoms. The Hall–Kier alpha value is -1.36. The van der Waals surface area contributed by atoms with E-state index in [-0.39, 0.29) is 5.91 Å². The molecule has 3 N–H and O–H groups in total. The van der Waals surface area contributed by atoms with Crippen LogP contribution < -0.4 is 5.73 Å². The molecule has 1 atom stereocenters. The lowest BCUT2D eigenvalue weighted by Crippen LogP contribution is -2.58. The number of hydrogen-bond acceptors (Lipinski definition) is 3. The highest BCUT2D eigenvalue weighted by atomic mass is 16.2. The number of nitrogens with zero attached hydrogens (tertiary/aromatic N) is 2. The maximum absolute atomic E-state index is 12.6. The first-order chi connectivity index (χ1) is 9.24. The molecule has 0 aromatic heterocycles. The quantitative estimate of drug-likeness (QED) is 0.717. The van der Waals surface area contributed by atoms with E-state index in [4.69, 9.17) is 11.1 Å². The summed E-state index contributed by atoms with van der Waals surface area (Å²) in [6.45, 7) is 4.62. The molecule has 1 amide bonds. The van der Waals surface area contributed by atoms with Crippen molar-refractivity contribution in [2.75, 3.05) is 20.6 Å². The van der Waals surface area contributed by atoms with Gasteiger partial charge >= 0.3 is 0 Å². The third kappa shape index (κ3) is 2.14. The Morgan fingerprint density at radius 1 is 1.40 bits per heavy atom. The van der Waals surface area contributed by atoms with Crippen LogP contribution in [0.1, 0.15) is 39.5 Å². The van der Waals surface area contributed by atoms with Gasteiger partial charge in [0.25, 0.3) is 0 Å². The van der Waals surface area contributed by atoms with E-state index in [2.05, 4.69) is 7.05 Å². The predicted molar refractivity (Wildman–Crippen MR) is 79.9 cm³/mol. The van der Waals surface area contributed by atoms with Gasteiger partial charge in [0.05, 0.1) is 25.0 Å². The minimum atomic E-state index is -0.483. The third-order valence-corrected chi connectivity index (χ3v) is 5.01. The van der Waals surface area contributed by atoms with Crippen molar-refractivity contribution in [1.29, 1.82) is 5.41 Å². The fourth-order valence-corrected chi connectivity index (χ4v) is 3.93. The Morgan fingerprint density at radius 3 is 2.45 bits per heavy atom. The molecule has 1 saturated heterocycles. The monoisotopic (exact) mass is 279 g/mol. The van der Waals surface area contributed by atoms with Crippen LogP contribution in [0.15, 0.2) is 11.9 Å². The topological polar surface area (TPSA) is 70.2 Å². The van der Waals surface area contributed by atoms with E-state index in [9.17, 15) is 4.79 Å². The van der Waals surface area contributed by atoms with E-state index in [0.29, 0.717) is 28.6 Å². The first-order valence-electron chi connectivity index (χ1n) is 7.39. The summed E-state index contributed by atoms with van der Waals surface area (Å²) < 4.78 is 0.520. The highest BCUT2D eigenvalue weighted by Gasteiger charge is 2.51. The van der Waals surface area contributed by atoms with Gasteiger partial charge in [0, 0.05) is 13.2 Å². The van der Waals surface area contributed by atoms with Gasteiger partial charge in [-0.3, -0.25) is 9.28 Å². The fourth-order valence-electron chi connectivity index (χ4n) is 3.93. The maximum Gasteiger partial charge on any atom is 0.246 e. The van der Waals surface area contributed by atoms with Crippen molar-refractivity contribution in [3.63, 3.8) is 0 Å². The van der Waals surface area contributed by atoms with Crippen LogP contribution >= 0.6 is 0 Å². The summed E-state index contributed by atoms with van der Waals surface area (Å²) in [6, 6.07) is 0.427. The molecule has 1 heterocycles. The van der Waals surface area contributed by atoms with E-state index in [1.54, 1.807) is 11.9 Å². The molecule has 0 aromatic carbocycles. The van der Waals surface area contributed by atoms with Gasteiger partial charge in [-0.1, -0.05) is 0 Å². The molecular formula is C15H27N4O+. The van der Waals surface area contributed by atoms with Crippen LogP contribution in [0.2, 0.25) is 0 Å². The van der Waals surface area contributed by atoms with Crippen LogP contribution in [0.4, 0.5) is 0 Å². The van der Waals surface area contributed by atoms with Gasteiger partial charge in [-0.05, 0) is 39.5 Å². The first kappa shape index (κ1) is 15.0. The number of amidine groups is 1. The number of amides is 1. The number of hydrogen-bond donors (Lipinski definition) is 2. The number of likely N-dealkylation sites (N-methyl/N-ethyl adjacent to an activating group) is 2. The number of nitrogens with two attached hydrogens (primary N) is 1. The van der Waals surface area contributed by atoms with Gasteiger partial charge in [0.2, 0.25) is 11.7 Å². The molecule has 2 fully saturated rings. The molecule has 2 rings (SSSR count). The van der Waals surface area contributed by atoms with Crippen LogP contribution in [-0.2, 0) is 4.79 Å². The Balaban J connectivity index is 2.51. The second kappa shape index (κ2) is 4.88. The second-order valence-electron chi connectivity index (χ2n) is 7.01. The normalized spacial score (nSPS) is 33.8. The maximum atomic E-state index is 12.6. The van der Waals surface area contributed by atoms with Crippen LogP contribution in [0.25, 0.3) is 0 Å². The van der Waals surface area contributed by atoms with Crippen molar-refractivity contribution in [3.05, 3.63) is 11.9 Å². The molecular weight excluding hydrogens is 252 g/mol. The lowest BCUT2D eigenvalue weighted by atomic mass is 9.89. The van der Waals surface area contributed by atoms with Crippen LogP contribution in [0.3, 0.4) is 0 Å². The summed E-state index contributed by atoms with van der Waals surface area (Å²) in [5, 5.41) is 8.63. The van der Waals surface area contributed by atoms with Crippen molar-refractivity contribution in [3.8, 4) is 0 Å². The molecule has 0 bridgehead atoms. The zero-order valence-corrected chi connectivity index (χ0v) is 13.1. The van der Waals surface area contributed by atoms with Crippen molar-refractivity contribution in [1.82, 2.24) is 4.90 Å². The van der Waals surface area contributed by atoms with Crippen LogP contribution in [0, 0.1) is 10.8 Å². The summed E-state index contributed by atoms with van der Waals surface area (Å²) in [7, 11) is 3.82. The summed E-state index contributed by atoms with van der Waals surface area (Å²) in [5.74, 6) is 0.514. The third-order valence-electron chi connectivity index (χ3n) is 5.01. The lowest BCUT2D eigenvalue weighted by molar-refractivity contribution is -0.852. The van der Waals surface area contributed by atoms with E-state index in [1.165, 1.54) is 19.0 Å². The van der Waals surface area contributed by atoms with Crippen LogP contribution in [-0.4, -0.2) is 47.8 Å². The Labute approximate surface area is 121 Å². The first-order valence-corrected chi connectivity index (χ1v) is 7.39. The highest BCUT2D eigenvalue weighted by Crippen LogP contribution is 2.37. The van der Waals surface area contributed by atoms with Gasteiger partial charge in [-0.2, -0.15) is 0 Å². The Bertz CT molecular complexity index is 462. The van der Waals surface area contributed by atoms with Crippen molar-refractivity contribution >= 4 is 11.7 Å². The average Bonchev–Trinajstić information content (AvgIpc) is 2.90. The van der Waals surface area contributed by atoms with E-state index in [0.717, 1.165) is 12.8 Å². The molecule has 5 nitrogen and oxygen atoms in total. The largest absolute Gasteiger partial charge is 0.403 e. The highest BCUT2D eigenvalue weighted by molar-refractivity contribution is 5.98. The van der Waals surface area contributed by atoms with Gasteiger partial charge < -0.3 is 10.6 Å². The molecule has 0 aromatic rings. The zero-order valence-electron chi connectivity index (χ0n) is 13.1. The SMILES string of the molecule is CN1C(=O)C(C)(C)C[N+](C)(C2CCCC2)C(=N)C1=CN. The fraction of sp³-hybridized carbons (Fsp3) is 0.733. The number of carbonyl (C=O) groups is 1. The molecule has 1 aliphatic heterocycles. The molecule has 112 valence electrons. The number of nitrogens with one attached hydrogen (secondary N) is 1. The van der Waals surface area contributed by atoms with Crippen LogP contribution in [0.5, 0.6) is 0 Å². The van der Waals surface area contributed by atoms with Crippen molar-refractivity contribution < 1.29 is 9.28 Å². The second-order valence-corrected chi connectivity index (χ2v) is 7.01. The summed E-state index contributed by atoms with van der Waals surface area (Å²) >= 11 is 0. The molecule has 20 heavy (non-hydrogen) atoms. The summed E-state index contributed by atoms with van der Waals surface area (Å²) in [6.07, 6.45) is 6.11.